The zero-order valence-corrected chi connectivity index (χ0v) is 11.3. The number of aromatic nitrogens is 1. The lowest BCUT2D eigenvalue weighted by Gasteiger charge is -2.03. The number of nitrogens with zero attached hydrogens (tertiary/aromatic N) is 1. The molecule has 0 bridgehead atoms. The Labute approximate surface area is 104 Å². The van der Waals surface area contributed by atoms with Crippen molar-refractivity contribution in [3.63, 3.8) is 0 Å². The highest BCUT2D eigenvalue weighted by atomic mass is 32.1. The van der Waals surface area contributed by atoms with Crippen LogP contribution >= 0.6 is 22.7 Å². The maximum Gasteiger partial charge on any atom is 0.0797 e. The molecule has 2 heterocycles. The van der Waals surface area contributed by atoms with Gasteiger partial charge in [0.15, 0.2) is 0 Å². The summed E-state index contributed by atoms with van der Waals surface area (Å²) < 4.78 is 0. The smallest absolute Gasteiger partial charge is 0.0797 e. The van der Waals surface area contributed by atoms with E-state index < -0.39 is 0 Å². The molecule has 16 heavy (non-hydrogen) atoms. The topological polar surface area (TPSA) is 24.9 Å². The molecule has 0 saturated heterocycles. The van der Waals surface area contributed by atoms with Gasteiger partial charge in [0.25, 0.3) is 0 Å². The molecule has 0 spiro atoms. The molecular formula is C12H16N2S2. The summed E-state index contributed by atoms with van der Waals surface area (Å²) in [5.74, 6) is 0. The van der Waals surface area contributed by atoms with E-state index in [1.807, 2.05) is 16.8 Å². The van der Waals surface area contributed by atoms with E-state index in [1.165, 1.54) is 21.0 Å². The largest absolute Gasteiger partial charge is 0.311 e. The van der Waals surface area contributed by atoms with Crippen LogP contribution in [0.5, 0.6) is 0 Å². The first-order valence-corrected chi connectivity index (χ1v) is 7.16. The maximum absolute atomic E-state index is 4.25. The highest BCUT2D eigenvalue weighted by Gasteiger charge is 2.02. The van der Waals surface area contributed by atoms with Gasteiger partial charge in [0.2, 0.25) is 0 Å². The Balaban J connectivity index is 1.74. The van der Waals surface area contributed by atoms with Gasteiger partial charge in [-0.2, -0.15) is 0 Å². The Morgan fingerprint density at radius 1 is 1.25 bits per heavy atom. The minimum absolute atomic E-state index is 0.987. The number of rotatable bonds is 5. The van der Waals surface area contributed by atoms with E-state index in [0.29, 0.717) is 0 Å². The van der Waals surface area contributed by atoms with Gasteiger partial charge < -0.3 is 5.32 Å². The molecule has 4 heteroatoms. The van der Waals surface area contributed by atoms with Crippen LogP contribution in [0.25, 0.3) is 0 Å². The molecule has 0 fully saturated rings. The Hall–Kier alpha value is -0.710. The van der Waals surface area contributed by atoms with E-state index in [2.05, 4.69) is 35.6 Å². The van der Waals surface area contributed by atoms with Gasteiger partial charge in [0.05, 0.1) is 11.2 Å². The van der Waals surface area contributed by atoms with Crippen molar-refractivity contribution in [3.8, 4) is 0 Å². The van der Waals surface area contributed by atoms with Crippen LogP contribution < -0.4 is 5.32 Å². The molecule has 0 unspecified atom stereocenters. The fraction of sp³-hybridized carbons (Fsp3) is 0.417. The maximum atomic E-state index is 4.25. The highest BCUT2D eigenvalue weighted by molar-refractivity contribution is 7.10. The monoisotopic (exact) mass is 252 g/mol. The second-order valence-electron chi connectivity index (χ2n) is 3.81. The molecule has 0 aliphatic carbocycles. The fourth-order valence-electron chi connectivity index (χ4n) is 1.56. The minimum atomic E-state index is 0.987. The Morgan fingerprint density at radius 3 is 2.75 bits per heavy atom. The molecule has 0 aromatic carbocycles. The van der Waals surface area contributed by atoms with Crippen LogP contribution in [0.3, 0.4) is 0 Å². The zero-order valence-electron chi connectivity index (χ0n) is 9.62. The van der Waals surface area contributed by atoms with Crippen LogP contribution in [0, 0.1) is 13.8 Å². The van der Waals surface area contributed by atoms with Crippen molar-refractivity contribution in [3.05, 3.63) is 38.0 Å². The van der Waals surface area contributed by atoms with Crippen molar-refractivity contribution >= 4 is 22.7 Å². The van der Waals surface area contributed by atoms with Crippen LogP contribution in [0.1, 0.15) is 21.0 Å². The number of aryl methyl sites for hydroxylation is 2. The molecule has 86 valence electrons. The van der Waals surface area contributed by atoms with Crippen LogP contribution in [0.15, 0.2) is 17.0 Å². The van der Waals surface area contributed by atoms with Crippen LogP contribution in [0.2, 0.25) is 0 Å². The van der Waals surface area contributed by atoms with Gasteiger partial charge in [0.1, 0.15) is 0 Å². The quantitative estimate of drug-likeness (QED) is 0.827. The van der Waals surface area contributed by atoms with Crippen molar-refractivity contribution in [2.45, 2.75) is 26.8 Å². The number of thiophene rings is 1. The van der Waals surface area contributed by atoms with Gasteiger partial charge in [-0.3, -0.25) is 0 Å². The van der Waals surface area contributed by atoms with Gasteiger partial charge in [0, 0.05) is 22.8 Å². The third-order valence-corrected chi connectivity index (χ3v) is 4.65. The lowest BCUT2D eigenvalue weighted by molar-refractivity contribution is 0.693. The molecule has 0 radical (unpaired) electrons. The number of hydrogen-bond acceptors (Lipinski definition) is 4. The van der Waals surface area contributed by atoms with Gasteiger partial charge in [-0.25, -0.2) is 4.98 Å². The van der Waals surface area contributed by atoms with Gasteiger partial charge in [-0.05, 0) is 37.3 Å². The number of nitrogens with one attached hydrogen (secondary N) is 1. The summed E-state index contributed by atoms with van der Waals surface area (Å²) in [5, 5.41) is 5.64. The van der Waals surface area contributed by atoms with Crippen molar-refractivity contribution in [1.82, 2.24) is 10.3 Å². The van der Waals surface area contributed by atoms with Crippen molar-refractivity contribution in [1.29, 1.82) is 0 Å². The lowest BCUT2D eigenvalue weighted by atomic mass is 10.3. The molecule has 0 amide bonds. The summed E-state index contributed by atoms with van der Waals surface area (Å²) in [7, 11) is 0. The molecule has 0 atom stereocenters. The van der Waals surface area contributed by atoms with E-state index in [-0.39, 0.29) is 0 Å². The standard InChI is InChI=1S/C12H16N2S2/c1-9-4-6-15-12(9)7-13-5-3-11-10(2)14-8-16-11/h4,6,8,13H,3,5,7H2,1-2H3. The number of thiazole rings is 1. The highest BCUT2D eigenvalue weighted by Crippen LogP contribution is 2.15. The van der Waals surface area contributed by atoms with E-state index in [0.717, 1.165) is 19.5 Å². The van der Waals surface area contributed by atoms with Gasteiger partial charge in [-0.15, -0.1) is 22.7 Å². The van der Waals surface area contributed by atoms with Gasteiger partial charge >= 0.3 is 0 Å². The van der Waals surface area contributed by atoms with Crippen molar-refractivity contribution < 1.29 is 0 Å². The van der Waals surface area contributed by atoms with Crippen LogP contribution in [0.4, 0.5) is 0 Å². The normalized spacial score (nSPS) is 10.9. The van der Waals surface area contributed by atoms with E-state index >= 15 is 0 Å². The van der Waals surface area contributed by atoms with Gasteiger partial charge in [-0.1, -0.05) is 0 Å². The predicted molar refractivity (Wildman–Crippen MR) is 71.3 cm³/mol. The molecule has 2 nitrogen and oxygen atoms in total. The molecular weight excluding hydrogens is 236 g/mol. The second kappa shape index (κ2) is 5.57. The Morgan fingerprint density at radius 2 is 2.12 bits per heavy atom. The third-order valence-electron chi connectivity index (χ3n) is 2.63. The molecule has 2 aromatic heterocycles. The average Bonchev–Trinajstić information content (AvgIpc) is 2.84. The molecule has 0 aliphatic heterocycles. The minimum Gasteiger partial charge on any atom is -0.311 e. The summed E-state index contributed by atoms with van der Waals surface area (Å²) >= 11 is 3.58. The fourth-order valence-corrected chi connectivity index (χ4v) is 3.21. The first kappa shape index (κ1) is 11.8. The first-order valence-electron chi connectivity index (χ1n) is 5.40. The summed E-state index contributed by atoms with van der Waals surface area (Å²) in [6.45, 7) is 6.26. The van der Waals surface area contributed by atoms with E-state index in [9.17, 15) is 0 Å². The van der Waals surface area contributed by atoms with E-state index in [1.54, 1.807) is 11.3 Å². The molecule has 1 N–H and O–H groups in total. The molecule has 2 aromatic rings. The van der Waals surface area contributed by atoms with E-state index in [4.69, 9.17) is 0 Å². The van der Waals surface area contributed by atoms with Crippen LogP contribution in [-0.4, -0.2) is 11.5 Å². The lowest BCUT2D eigenvalue weighted by Crippen LogP contribution is -2.16. The van der Waals surface area contributed by atoms with Crippen molar-refractivity contribution in [2.24, 2.45) is 0 Å². The SMILES string of the molecule is Cc1ccsc1CNCCc1scnc1C. The van der Waals surface area contributed by atoms with Crippen LogP contribution in [-0.2, 0) is 13.0 Å². The molecule has 0 saturated carbocycles. The zero-order chi connectivity index (χ0) is 11.4. The third kappa shape index (κ3) is 2.90. The Bertz CT molecular complexity index is 403. The first-order chi connectivity index (χ1) is 7.77. The predicted octanol–water partition coefficient (Wildman–Crippen LogP) is 3.15. The number of hydrogen-bond donors (Lipinski definition) is 1. The summed E-state index contributed by atoms with van der Waals surface area (Å²) in [6, 6.07) is 2.18. The Kier molecular flexibility index (Phi) is 4.09. The summed E-state index contributed by atoms with van der Waals surface area (Å²) in [4.78, 5) is 7.10. The average molecular weight is 252 g/mol. The van der Waals surface area contributed by atoms with Crippen molar-refractivity contribution in [2.75, 3.05) is 6.54 Å². The summed E-state index contributed by atoms with van der Waals surface area (Å²) in [5.41, 5.74) is 4.50. The molecule has 2 rings (SSSR count). The molecule has 0 aliphatic rings. The second-order valence-corrected chi connectivity index (χ2v) is 5.75. The summed E-state index contributed by atoms with van der Waals surface area (Å²) in [6.07, 6.45) is 1.08.